The Morgan fingerprint density at radius 1 is 1.17 bits per heavy atom. The van der Waals surface area contributed by atoms with Crippen LogP contribution in [0, 0.1) is 0 Å². The highest BCUT2D eigenvalue weighted by Crippen LogP contribution is 2.39. The fraction of sp³-hybridized carbons (Fsp3) is 0.261. The van der Waals surface area contributed by atoms with Crippen LogP contribution in [0.5, 0.6) is 0 Å². The molecule has 0 saturated heterocycles. The second-order valence-electron chi connectivity index (χ2n) is 8.48. The van der Waals surface area contributed by atoms with Gasteiger partial charge in [-0.15, -0.1) is 0 Å². The van der Waals surface area contributed by atoms with Crippen molar-refractivity contribution in [3.05, 3.63) is 59.2 Å². The van der Waals surface area contributed by atoms with Gasteiger partial charge in [0.25, 0.3) is 5.78 Å². The molecule has 0 fully saturated rings. The molecule has 0 spiro atoms. The van der Waals surface area contributed by atoms with Crippen LogP contribution in [-0.2, 0) is 15.8 Å². The lowest BCUT2D eigenvalue weighted by molar-refractivity contribution is -0.172. The third-order valence-corrected chi connectivity index (χ3v) is 7.30. The number of rotatable bonds is 6. The summed E-state index contributed by atoms with van der Waals surface area (Å²) in [7, 11) is -2.57. The van der Waals surface area contributed by atoms with Crippen LogP contribution in [0.25, 0.3) is 0 Å². The van der Waals surface area contributed by atoms with Gasteiger partial charge in [-0.3, -0.25) is 4.79 Å². The molecular formula is C23H22ClF3N5O2P. The van der Waals surface area contributed by atoms with Crippen molar-refractivity contribution in [2.45, 2.75) is 25.1 Å². The molecule has 0 radical (unpaired) electrons. The highest BCUT2D eigenvalue weighted by atomic mass is 35.5. The normalized spacial score (nSPS) is 15.7. The molecule has 3 aromatic rings. The number of hydrogen-bond acceptors (Lipinski definition) is 7. The first-order valence-corrected chi connectivity index (χ1v) is 13.6. The van der Waals surface area contributed by atoms with Crippen LogP contribution >= 0.6 is 18.7 Å². The topological polar surface area (TPSA) is 96.0 Å². The zero-order valence-corrected chi connectivity index (χ0v) is 20.4. The molecule has 1 aliphatic rings. The van der Waals surface area contributed by atoms with E-state index >= 15 is 0 Å². The third-order valence-electron chi connectivity index (χ3n) is 5.48. The minimum atomic E-state index is -4.90. The van der Waals surface area contributed by atoms with Crippen molar-refractivity contribution in [2.75, 3.05) is 29.3 Å². The van der Waals surface area contributed by atoms with E-state index < -0.39 is 25.1 Å². The lowest BCUT2D eigenvalue weighted by Gasteiger charge is -2.27. The molecule has 2 heterocycles. The Labute approximate surface area is 204 Å². The van der Waals surface area contributed by atoms with Gasteiger partial charge in [0.15, 0.2) is 5.82 Å². The molecule has 1 atom stereocenters. The van der Waals surface area contributed by atoms with Crippen molar-refractivity contribution in [1.29, 1.82) is 0 Å². The van der Waals surface area contributed by atoms with E-state index in [1.807, 2.05) is 0 Å². The van der Waals surface area contributed by atoms with E-state index in [0.717, 1.165) is 5.56 Å². The van der Waals surface area contributed by atoms with Gasteiger partial charge >= 0.3 is 6.18 Å². The van der Waals surface area contributed by atoms with Crippen molar-refractivity contribution in [2.24, 2.45) is 0 Å². The van der Waals surface area contributed by atoms with Crippen molar-refractivity contribution >= 4 is 58.7 Å². The number of fused-ring (bicyclic) bond motifs is 1. The van der Waals surface area contributed by atoms with E-state index in [1.165, 1.54) is 6.20 Å². The van der Waals surface area contributed by atoms with Gasteiger partial charge in [0.2, 0.25) is 5.95 Å². The number of benzene rings is 2. The summed E-state index contributed by atoms with van der Waals surface area (Å²) < 4.78 is 51.2. The molecule has 184 valence electrons. The van der Waals surface area contributed by atoms with E-state index in [1.54, 1.807) is 55.8 Å². The van der Waals surface area contributed by atoms with Gasteiger partial charge in [-0.2, -0.15) is 18.2 Å². The van der Waals surface area contributed by atoms with Crippen molar-refractivity contribution in [1.82, 2.24) is 9.97 Å². The van der Waals surface area contributed by atoms with Gasteiger partial charge in [0, 0.05) is 16.7 Å². The predicted molar refractivity (Wildman–Crippen MR) is 132 cm³/mol. The number of Topliss-reactive ketones (excluding diaryl/α,β-unsaturated/α-hetero) is 1. The molecule has 1 aliphatic heterocycles. The molecule has 1 unspecified atom stereocenters. The molecule has 0 bridgehead atoms. The number of ketones is 1. The largest absolute Gasteiger partial charge is 0.452 e. The second kappa shape index (κ2) is 9.51. The highest BCUT2D eigenvalue weighted by molar-refractivity contribution is 7.70. The van der Waals surface area contributed by atoms with Crippen molar-refractivity contribution in [3.8, 4) is 0 Å². The number of alkyl halides is 3. The number of anilines is 5. The number of halogens is 4. The number of nitrogens with one attached hydrogen (secondary N) is 3. The maximum atomic E-state index is 12.8. The van der Waals surface area contributed by atoms with E-state index in [-0.39, 0.29) is 23.2 Å². The number of para-hydroxylation sites is 1. The molecule has 7 nitrogen and oxygen atoms in total. The Kier molecular flexibility index (Phi) is 6.79. The molecule has 4 rings (SSSR count). The first-order chi connectivity index (χ1) is 16.4. The zero-order valence-electron chi connectivity index (χ0n) is 18.8. The molecule has 35 heavy (non-hydrogen) atoms. The fourth-order valence-corrected chi connectivity index (χ4v) is 5.08. The molecule has 3 N–H and O–H groups in total. The Balaban J connectivity index is 1.56. The van der Waals surface area contributed by atoms with Crippen LogP contribution < -0.4 is 21.3 Å². The van der Waals surface area contributed by atoms with Crippen LogP contribution in [0.3, 0.4) is 0 Å². The average Bonchev–Trinajstić information content (AvgIpc) is 2.79. The van der Waals surface area contributed by atoms with Gasteiger partial charge in [0.05, 0.1) is 17.9 Å². The quantitative estimate of drug-likeness (QED) is 0.355. The van der Waals surface area contributed by atoms with E-state index in [4.69, 9.17) is 11.6 Å². The van der Waals surface area contributed by atoms with Crippen LogP contribution in [-0.4, -0.2) is 41.3 Å². The third kappa shape index (κ3) is 5.77. The Morgan fingerprint density at radius 2 is 1.91 bits per heavy atom. The molecule has 0 amide bonds. The first-order valence-electron chi connectivity index (χ1n) is 10.6. The SMILES string of the molecule is CP(C)(=O)c1ccccc1Nc1nc(Nc2ccc3c(c2)NC(C(=O)C(F)(F)F)CC3)ncc1Cl. The standard InChI is InChI=1S/C23H22ClF3N5O2P/c1-35(2,34)19-6-4-3-5-16(19)31-21-15(24)12-28-22(32-21)29-14-9-7-13-8-10-17(30-18(13)11-14)20(33)23(25,26)27/h3-7,9,11-12,17,30H,8,10H2,1-2H3,(H2,28,29,31,32). The second-order valence-corrected chi connectivity index (χ2v) is 12.1. The summed E-state index contributed by atoms with van der Waals surface area (Å²) in [5.41, 5.74) is 2.36. The lowest BCUT2D eigenvalue weighted by Crippen LogP contribution is -2.41. The van der Waals surface area contributed by atoms with E-state index in [9.17, 15) is 22.5 Å². The van der Waals surface area contributed by atoms with Crippen molar-refractivity contribution in [3.63, 3.8) is 0 Å². The van der Waals surface area contributed by atoms with Gasteiger partial charge in [-0.1, -0.05) is 29.8 Å². The molecule has 0 aliphatic carbocycles. The number of aryl methyl sites for hydroxylation is 1. The maximum absolute atomic E-state index is 12.8. The van der Waals surface area contributed by atoms with Gasteiger partial charge < -0.3 is 20.5 Å². The predicted octanol–water partition coefficient (Wildman–Crippen LogP) is 5.72. The van der Waals surface area contributed by atoms with Crippen LogP contribution in [0.15, 0.2) is 48.7 Å². The van der Waals surface area contributed by atoms with Crippen LogP contribution in [0.2, 0.25) is 5.02 Å². The maximum Gasteiger partial charge on any atom is 0.452 e. The number of hydrogen-bond donors (Lipinski definition) is 3. The molecule has 12 heteroatoms. The minimum absolute atomic E-state index is 0.0668. The monoisotopic (exact) mass is 523 g/mol. The Hall–Kier alpha value is -3.10. The number of carbonyl (C=O) groups is 1. The average molecular weight is 524 g/mol. The summed E-state index contributed by atoms with van der Waals surface area (Å²) in [4.78, 5) is 20.2. The number of carbonyl (C=O) groups excluding carboxylic acids is 1. The number of nitrogens with zero attached hydrogens (tertiary/aromatic N) is 2. The summed E-state index contributed by atoms with van der Waals surface area (Å²) in [6.45, 7) is 3.33. The summed E-state index contributed by atoms with van der Waals surface area (Å²) in [6, 6.07) is 10.9. The summed E-state index contributed by atoms with van der Waals surface area (Å²) >= 11 is 6.27. The molecule has 1 aromatic heterocycles. The van der Waals surface area contributed by atoms with E-state index in [2.05, 4.69) is 25.9 Å². The van der Waals surface area contributed by atoms with Gasteiger partial charge in [-0.25, -0.2) is 4.98 Å². The van der Waals surface area contributed by atoms with Crippen LogP contribution in [0.4, 0.5) is 42.0 Å². The zero-order chi connectivity index (χ0) is 25.4. The summed E-state index contributed by atoms with van der Waals surface area (Å²) in [5.74, 6) is -1.32. The Bertz CT molecular complexity index is 1330. The minimum Gasteiger partial charge on any atom is -0.375 e. The first kappa shape index (κ1) is 25.0. The van der Waals surface area contributed by atoms with Crippen LogP contribution in [0.1, 0.15) is 12.0 Å². The Morgan fingerprint density at radius 3 is 2.63 bits per heavy atom. The van der Waals surface area contributed by atoms with E-state index in [0.29, 0.717) is 28.8 Å². The lowest BCUT2D eigenvalue weighted by atomic mass is 9.95. The number of aromatic nitrogens is 2. The summed E-state index contributed by atoms with van der Waals surface area (Å²) in [5, 5.41) is 9.69. The highest BCUT2D eigenvalue weighted by Gasteiger charge is 2.44. The molecular weight excluding hydrogens is 502 g/mol. The summed E-state index contributed by atoms with van der Waals surface area (Å²) in [6.07, 6.45) is -3.09. The molecule has 0 saturated carbocycles. The fourth-order valence-electron chi connectivity index (χ4n) is 3.78. The smallest absolute Gasteiger partial charge is 0.375 e. The van der Waals surface area contributed by atoms with Gasteiger partial charge in [-0.05, 0) is 56.0 Å². The molecule has 2 aromatic carbocycles. The van der Waals surface area contributed by atoms with Crippen molar-refractivity contribution < 1.29 is 22.5 Å². The van der Waals surface area contributed by atoms with Gasteiger partial charge in [0.1, 0.15) is 12.2 Å².